The van der Waals surface area contributed by atoms with Crippen LogP contribution in [0.2, 0.25) is 0 Å². The number of aryl methyl sites for hydroxylation is 2. The van der Waals surface area contributed by atoms with Gasteiger partial charge in [0.05, 0.1) is 31.8 Å². The van der Waals surface area contributed by atoms with Crippen molar-refractivity contribution in [3.05, 3.63) is 53.6 Å². The SMILES string of the molecule is CC.COC=C(C(=O)OC)c1ccccc1N=c1n(C)[c-]c(C)n1C.[Yb]. The van der Waals surface area contributed by atoms with Crippen LogP contribution < -0.4 is 5.62 Å². The second kappa shape index (κ2) is 12.2. The van der Waals surface area contributed by atoms with Crippen LogP contribution in [0.15, 0.2) is 35.5 Å². The zero-order chi connectivity index (χ0) is 19.0. The van der Waals surface area contributed by atoms with Crippen molar-refractivity contribution in [1.82, 2.24) is 9.13 Å². The molecule has 0 saturated carbocycles. The van der Waals surface area contributed by atoms with E-state index in [9.17, 15) is 4.79 Å². The minimum absolute atomic E-state index is 0. The molecule has 0 saturated heterocycles. The molecule has 0 aliphatic rings. The second-order valence-corrected chi connectivity index (χ2v) is 5.00. The van der Waals surface area contributed by atoms with Gasteiger partial charge in [-0.25, -0.2) is 4.79 Å². The fraction of sp³-hybridized carbons (Fsp3) is 0.368. The maximum Gasteiger partial charge on any atom is 0.341 e. The van der Waals surface area contributed by atoms with Gasteiger partial charge in [-0.05, 0) is 27.1 Å². The maximum atomic E-state index is 12.0. The summed E-state index contributed by atoms with van der Waals surface area (Å²) in [6, 6.07) is 7.34. The molecule has 0 N–H and O–H groups in total. The molecule has 26 heavy (non-hydrogen) atoms. The van der Waals surface area contributed by atoms with Crippen molar-refractivity contribution >= 4 is 17.2 Å². The molecule has 2 aromatic rings. The summed E-state index contributed by atoms with van der Waals surface area (Å²) in [4.78, 5) is 16.7. The predicted octanol–water partition coefficient (Wildman–Crippen LogP) is 2.89. The molecule has 1 heterocycles. The van der Waals surface area contributed by atoms with E-state index in [1.165, 1.54) is 20.5 Å². The quantitative estimate of drug-likeness (QED) is 0.271. The number of carbonyl (C=O) groups excluding carboxylic acids is 1. The molecule has 0 bridgehead atoms. The topological polar surface area (TPSA) is 57.8 Å². The van der Waals surface area contributed by atoms with Gasteiger partial charge in [-0.2, -0.15) is 0 Å². The molecule has 0 atom stereocenters. The number of esters is 1. The van der Waals surface area contributed by atoms with Gasteiger partial charge in [0.2, 0.25) is 0 Å². The number of carbonyl (C=O) groups is 1. The first-order valence-electron chi connectivity index (χ1n) is 8.06. The van der Waals surface area contributed by atoms with Gasteiger partial charge in [-0.3, -0.25) is 0 Å². The maximum absolute atomic E-state index is 12.0. The van der Waals surface area contributed by atoms with E-state index in [-0.39, 0.29) is 46.9 Å². The molecule has 0 aliphatic carbocycles. The summed E-state index contributed by atoms with van der Waals surface area (Å²) in [6.07, 6.45) is 4.52. The molecule has 0 radical (unpaired) electrons. The van der Waals surface area contributed by atoms with E-state index in [2.05, 4.69) is 11.2 Å². The first-order valence-corrected chi connectivity index (χ1v) is 8.06. The standard InChI is InChI=1S/C17H20N3O3.C2H6.Yb/c1-12-10-19(2)17(20(12)3)18-15-9-7-6-8-13(15)14(11-22-4)16(21)23-5;1-2;/h6-9,11H,1-5H3;1-2H3;/q-1;;. The normalized spacial score (nSPS) is 11.2. The number of aromatic nitrogens is 2. The molecule has 0 spiro atoms. The van der Waals surface area contributed by atoms with Crippen molar-refractivity contribution in [1.29, 1.82) is 0 Å². The van der Waals surface area contributed by atoms with Crippen LogP contribution in [0.5, 0.6) is 0 Å². The number of hydrogen-bond donors (Lipinski definition) is 0. The van der Waals surface area contributed by atoms with E-state index in [1.807, 2.05) is 62.2 Å². The minimum Gasteiger partial charge on any atom is -0.503 e. The Bertz CT molecular complexity index is 820. The molecule has 1 aromatic carbocycles. The van der Waals surface area contributed by atoms with Gasteiger partial charge in [0, 0.05) is 52.5 Å². The number of ether oxygens (including phenoxy) is 2. The van der Waals surface area contributed by atoms with Crippen LogP contribution in [0.4, 0.5) is 5.69 Å². The number of benzene rings is 1. The number of imidazole rings is 1. The van der Waals surface area contributed by atoms with Crippen LogP contribution in [-0.2, 0) is 28.4 Å². The molecule has 0 unspecified atom stereocenters. The van der Waals surface area contributed by atoms with Crippen molar-refractivity contribution in [3.63, 3.8) is 0 Å². The van der Waals surface area contributed by atoms with Gasteiger partial charge in [0.1, 0.15) is 5.57 Å². The van der Waals surface area contributed by atoms with Crippen LogP contribution in [0.3, 0.4) is 0 Å². The Labute approximate surface area is 193 Å². The van der Waals surface area contributed by atoms with Gasteiger partial charge in [-0.1, -0.05) is 37.7 Å². The summed E-state index contributed by atoms with van der Waals surface area (Å²) >= 11 is 0. The van der Waals surface area contributed by atoms with E-state index in [1.54, 1.807) is 6.07 Å². The van der Waals surface area contributed by atoms with Crippen molar-refractivity contribution in [2.75, 3.05) is 14.2 Å². The van der Waals surface area contributed by atoms with E-state index in [4.69, 9.17) is 9.47 Å². The van der Waals surface area contributed by atoms with E-state index in [0.29, 0.717) is 16.8 Å². The fourth-order valence-electron chi connectivity index (χ4n) is 2.25. The van der Waals surface area contributed by atoms with Crippen LogP contribution in [0, 0.1) is 60.0 Å². The molecule has 0 fully saturated rings. The Balaban J connectivity index is 0.00000201. The summed E-state index contributed by atoms with van der Waals surface area (Å²) in [5, 5.41) is 0. The average Bonchev–Trinajstić information content (AvgIpc) is 2.87. The largest absolute Gasteiger partial charge is 0.503 e. The molecule has 6 nitrogen and oxygen atoms in total. The molecular weight excluding hydrogens is 491 g/mol. The zero-order valence-corrected chi connectivity index (χ0v) is 17.9. The Hall–Kier alpha value is -1.24. The van der Waals surface area contributed by atoms with Gasteiger partial charge in [0.15, 0.2) is 0 Å². The van der Waals surface area contributed by atoms with Gasteiger partial charge >= 0.3 is 5.97 Å². The van der Waals surface area contributed by atoms with Crippen molar-refractivity contribution in [2.45, 2.75) is 20.8 Å². The van der Waals surface area contributed by atoms with Gasteiger partial charge in [0.25, 0.3) is 0 Å². The summed E-state index contributed by atoms with van der Waals surface area (Å²) in [7, 11) is 6.61. The van der Waals surface area contributed by atoms with Crippen LogP contribution in [-0.4, -0.2) is 29.3 Å². The summed E-state index contributed by atoms with van der Waals surface area (Å²) in [5.74, 6) is -0.478. The molecular formula is C19H26N3O3Yb-. The molecule has 1 aromatic heterocycles. The number of hydrogen-bond acceptors (Lipinski definition) is 4. The summed E-state index contributed by atoms with van der Waals surface area (Å²) < 4.78 is 13.6. The fourth-order valence-corrected chi connectivity index (χ4v) is 2.25. The number of para-hydroxylation sites is 1. The van der Waals surface area contributed by atoms with Crippen molar-refractivity contribution in [3.8, 4) is 0 Å². The average molecular weight is 517 g/mol. The minimum atomic E-state index is -0.478. The monoisotopic (exact) mass is 518 g/mol. The Morgan fingerprint density at radius 3 is 2.31 bits per heavy atom. The van der Waals surface area contributed by atoms with E-state index >= 15 is 0 Å². The number of nitrogens with zero attached hydrogens (tertiary/aromatic N) is 3. The third kappa shape index (κ3) is 5.89. The number of rotatable bonds is 4. The van der Waals surface area contributed by atoms with E-state index < -0.39 is 5.97 Å². The number of methoxy groups -OCH3 is 2. The zero-order valence-electron chi connectivity index (χ0n) is 16.2. The van der Waals surface area contributed by atoms with Gasteiger partial charge < -0.3 is 23.6 Å². The van der Waals surface area contributed by atoms with Crippen LogP contribution >= 0.6 is 0 Å². The third-order valence-electron chi connectivity index (χ3n) is 3.49. The molecule has 7 heteroatoms. The second-order valence-electron chi connectivity index (χ2n) is 5.00. The van der Waals surface area contributed by atoms with Crippen LogP contribution in [0.1, 0.15) is 25.1 Å². The van der Waals surface area contributed by atoms with Crippen molar-refractivity contribution < 1.29 is 61.2 Å². The first kappa shape index (κ1) is 24.8. The molecule has 150 valence electrons. The smallest absolute Gasteiger partial charge is 0.341 e. The van der Waals surface area contributed by atoms with Crippen molar-refractivity contribution in [2.24, 2.45) is 19.1 Å². The van der Waals surface area contributed by atoms with Gasteiger partial charge in [-0.15, -0.1) is 6.20 Å². The van der Waals surface area contributed by atoms with Crippen LogP contribution in [0.25, 0.3) is 5.57 Å². The Kier molecular flexibility index (Phi) is 11.6. The van der Waals surface area contributed by atoms with E-state index in [0.717, 1.165) is 11.3 Å². The third-order valence-corrected chi connectivity index (χ3v) is 3.49. The molecule has 2 rings (SSSR count). The first-order chi connectivity index (χ1) is 12.0. The molecule has 0 amide bonds. The Morgan fingerprint density at radius 2 is 1.81 bits per heavy atom. The predicted molar refractivity (Wildman–Crippen MR) is 98.0 cm³/mol. The summed E-state index contributed by atoms with van der Waals surface area (Å²) in [6.45, 7) is 5.95. The molecule has 0 aliphatic heterocycles. The summed E-state index contributed by atoms with van der Waals surface area (Å²) in [5.41, 5.74) is 3.28. The Morgan fingerprint density at radius 1 is 1.19 bits per heavy atom.